The molecule has 0 fully saturated rings. The van der Waals surface area contributed by atoms with E-state index < -0.39 is 0 Å². The number of aryl methyl sites for hydroxylation is 1. The van der Waals surface area contributed by atoms with Gasteiger partial charge in [0.15, 0.2) is 0 Å². The predicted octanol–water partition coefficient (Wildman–Crippen LogP) is 1.07. The quantitative estimate of drug-likeness (QED) is 0.607. The molecular formula is C10H9NSe. The van der Waals surface area contributed by atoms with E-state index >= 15 is 0 Å². The molecule has 1 aromatic heterocycles. The fourth-order valence-corrected chi connectivity index (χ4v) is 2.14. The van der Waals surface area contributed by atoms with Crippen LogP contribution in [-0.2, 0) is 0 Å². The first-order valence-electron chi connectivity index (χ1n) is 3.82. The van der Waals surface area contributed by atoms with Gasteiger partial charge in [-0.15, -0.1) is 0 Å². The van der Waals surface area contributed by atoms with Crippen molar-refractivity contribution < 1.29 is 0 Å². The van der Waals surface area contributed by atoms with Crippen molar-refractivity contribution in [3.63, 3.8) is 0 Å². The van der Waals surface area contributed by atoms with Crippen LogP contribution < -0.4 is 4.46 Å². The molecule has 12 heavy (non-hydrogen) atoms. The van der Waals surface area contributed by atoms with Gasteiger partial charge in [0.1, 0.15) is 0 Å². The van der Waals surface area contributed by atoms with Crippen molar-refractivity contribution in [2.45, 2.75) is 6.92 Å². The van der Waals surface area contributed by atoms with Gasteiger partial charge in [0, 0.05) is 0 Å². The van der Waals surface area contributed by atoms with Crippen LogP contribution in [0.25, 0.3) is 10.9 Å². The maximum absolute atomic E-state index is 4.31. The average molecular weight is 222 g/mol. The summed E-state index contributed by atoms with van der Waals surface area (Å²) in [5, 5.41) is 1.22. The molecule has 1 nitrogen and oxygen atoms in total. The molecular weight excluding hydrogens is 213 g/mol. The predicted molar refractivity (Wildman–Crippen MR) is 53.3 cm³/mol. The number of fused-ring (bicyclic) bond motifs is 1. The first kappa shape index (κ1) is 7.78. The Bertz CT molecular complexity index is 423. The van der Waals surface area contributed by atoms with Crippen LogP contribution in [0.15, 0.2) is 30.5 Å². The van der Waals surface area contributed by atoms with Crippen molar-refractivity contribution in [3.05, 3.63) is 36.0 Å². The molecule has 0 atom stereocenters. The molecule has 1 heterocycles. The third-order valence-corrected chi connectivity index (χ3v) is 2.54. The van der Waals surface area contributed by atoms with E-state index in [0.717, 1.165) is 5.52 Å². The SMILES string of the molecule is Cc1cc([SeH])c2ncccc2c1. The number of hydrogen-bond donors (Lipinski definition) is 0. The fourth-order valence-electron chi connectivity index (χ4n) is 1.32. The molecule has 2 heteroatoms. The van der Waals surface area contributed by atoms with Crippen LogP contribution in [0.5, 0.6) is 0 Å². The molecule has 60 valence electrons. The summed E-state index contributed by atoms with van der Waals surface area (Å²) in [4.78, 5) is 4.31. The summed E-state index contributed by atoms with van der Waals surface area (Å²) in [5.74, 6) is 0. The standard InChI is InChI=1S/C10H9NSe/c1-7-5-8-3-2-4-11-10(8)9(12)6-7/h2-6,12H,1H3. The Morgan fingerprint density at radius 3 is 3.00 bits per heavy atom. The Balaban J connectivity index is 2.89. The molecule has 0 spiro atoms. The van der Waals surface area contributed by atoms with Gasteiger partial charge < -0.3 is 0 Å². The van der Waals surface area contributed by atoms with E-state index in [2.05, 4.69) is 46.1 Å². The van der Waals surface area contributed by atoms with Gasteiger partial charge in [-0.25, -0.2) is 0 Å². The molecule has 0 unspecified atom stereocenters. The molecule has 0 aliphatic heterocycles. The third kappa shape index (κ3) is 1.24. The van der Waals surface area contributed by atoms with Crippen molar-refractivity contribution in [2.24, 2.45) is 0 Å². The van der Waals surface area contributed by atoms with Gasteiger partial charge in [-0.1, -0.05) is 0 Å². The molecule has 2 aromatic rings. The van der Waals surface area contributed by atoms with Gasteiger partial charge in [-0.3, -0.25) is 0 Å². The first-order valence-corrected chi connectivity index (χ1v) is 4.75. The molecule has 2 rings (SSSR count). The number of rotatable bonds is 0. The summed E-state index contributed by atoms with van der Waals surface area (Å²) in [6, 6.07) is 8.34. The number of hydrogen-bond acceptors (Lipinski definition) is 1. The topological polar surface area (TPSA) is 12.9 Å². The molecule has 0 saturated carbocycles. The Morgan fingerprint density at radius 2 is 2.17 bits per heavy atom. The average Bonchev–Trinajstić information content (AvgIpc) is 2.04. The second kappa shape index (κ2) is 2.89. The van der Waals surface area contributed by atoms with Gasteiger partial charge in [-0.2, -0.15) is 0 Å². The van der Waals surface area contributed by atoms with Crippen LogP contribution in [-0.4, -0.2) is 21.0 Å². The van der Waals surface area contributed by atoms with E-state index in [-0.39, 0.29) is 0 Å². The van der Waals surface area contributed by atoms with Crippen LogP contribution in [0.4, 0.5) is 0 Å². The maximum atomic E-state index is 4.31. The molecule has 0 N–H and O–H groups in total. The van der Waals surface area contributed by atoms with Crippen LogP contribution in [0.3, 0.4) is 0 Å². The Labute approximate surface area is 79.6 Å². The van der Waals surface area contributed by atoms with Crippen molar-refractivity contribution in [3.8, 4) is 0 Å². The van der Waals surface area contributed by atoms with E-state index in [1.807, 2.05) is 12.3 Å². The minimum absolute atomic E-state index is 1.09. The molecule has 0 aliphatic rings. The van der Waals surface area contributed by atoms with Gasteiger partial charge in [0.25, 0.3) is 0 Å². The minimum atomic E-state index is 1.09. The zero-order chi connectivity index (χ0) is 8.55. The van der Waals surface area contributed by atoms with Crippen molar-refractivity contribution in [1.29, 1.82) is 0 Å². The van der Waals surface area contributed by atoms with E-state index in [1.165, 1.54) is 15.4 Å². The second-order valence-electron chi connectivity index (χ2n) is 2.86. The molecule has 0 aliphatic carbocycles. The molecule has 0 radical (unpaired) electrons. The Morgan fingerprint density at radius 1 is 1.33 bits per heavy atom. The molecule has 0 saturated heterocycles. The van der Waals surface area contributed by atoms with Gasteiger partial charge in [0.05, 0.1) is 0 Å². The second-order valence-corrected chi connectivity index (χ2v) is 3.87. The van der Waals surface area contributed by atoms with Crippen LogP contribution in [0.1, 0.15) is 5.56 Å². The van der Waals surface area contributed by atoms with Crippen molar-refractivity contribution >= 4 is 31.4 Å². The first-order chi connectivity index (χ1) is 5.77. The summed E-state index contributed by atoms with van der Waals surface area (Å²) < 4.78 is 1.19. The summed E-state index contributed by atoms with van der Waals surface area (Å²) in [5.41, 5.74) is 2.37. The third-order valence-electron chi connectivity index (χ3n) is 1.83. The number of nitrogens with zero attached hydrogens (tertiary/aromatic N) is 1. The normalized spacial score (nSPS) is 10.5. The molecule has 1 aromatic carbocycles. The fraction of sp³-hybridized carbons (Fsp3) is 0.100. The molecule has 0 bridgehead atoms. The number of pyridine rings is 1. The van der Waals surface area contributed by atoms with Crippen LogP contribution in [0, 0.1) is 6.92 Å². The zero-order valence-corrected chi connectivity index (χ0v) is 8.66. The zero-order valence-electron chi connectivity index (χ0n) is 6.78. The summed E-state index contributed by atoms with van der Waals surface area (Å²) in [6.45, 7) is 2.10. The summed E-state index contributed by atoms with van der Waals surface area (Å²) in [6.07, 6.45) is 1.83. The summed E-state index contributed by atoms with van der Waals surface area (Å²) in [7, 11) is 0. The number of aromatic nitrogens is 1. The van der Waals surface area contributed by atoms with E-state index in [4.69, 9.17) is 0 Å². The number of benzene rings is 1. The van der Waals surface area contributed by atoms with Crippen molar-refractivity contribution in [2.75, 3.05) is 0 Å². The van der Waals surface area contributed by atoms with E-state index in [9.17, 15) is 0 Å². The summed E-state index contributed by atoms with van der Waals surface area (Å²) >= 11 is 2.56. The molecule has 0 amide bonds. The van der Waals surface area contributed by atoms with E-state index in [1.54, 1.807) is 0 Å². The van der Waals surface area contributed by atoms with Crippen LogP contribution >= 0.6 is 0 Å². The van der Waals surface area contributed by atoms with Crippen LogP contribution in [0.2, 0.25) is 0 Å². The monoisotopic (exact) mass is 223 g/mol. The van der Waals surface area contributed by atoms with E-state index in [0.29, 0.717) is 0 Å². The van der Waals surface area contributed by atoms with Crippen molar-refractivity contribution in [1.82, 2.24) is 4.98 Å². The Hall–Kier alpha value is -0.851. The van der Waals surface area contributed by atoms with Gasteiger partial charge in [0.2, 0.25) is 0 Å². The van der Waals surface area contributed by atoms with Gasteiger partial charge in [-0.05, 0) is 0 Å². The van der Waals surface area contributed by atoms with Gasteiger partial charge >= 0.3 is 79.3 Å². The Kier molecular flexibility index (Phi) is 1.87.